The van der Waals surface area contributed by atoms with E-state index in [0.29, 0.717) is 7.92 Å². The lowest BCUT2D eigenvalue weighted by atomic mass is 10.1. The van der Waals surface area contributed by atoms with Gasteiger partial charge in [-0.15, -0.1) is 32.7 Å². The van der Waals surface area contributed by atoms with Crippen molar-refractivity contribution < 1.29 is 0 Å². The minimum atomic E-state index is 0. The molecule has 0 aromatic heterocycles. The molecule has 17 heavy (non-hydrogen) atoms. The predicted octanol–water partition coefficient (Wildman–Crippen LogP) is 6.49. The Morgan fingerprint density at radius 3 is 1.29 bits per heavy atom. The molecule has 0 heterocycles. The van der Waals surface area contributed by atoms with Gasteiger partial charge in [0.2, 0.25) is 0 Å². The average Bonchev–Trinajstić information content (AvgIpc) is 2.20. The molecule has 108 valence electrons. The first kappa shape index (κ1) is 23.1. The van der Waals surface area contributed by atoms with Crippen molar-refractivity contribution in [2.45, 2.75) is 71.1 Å². The van der Waals surface area contributed by atoms with E-state index < -0.39 is 0 Å². The maximum atomic E-state index is 2.39. The van der Waals surface area contributed by atoms with Crippen molar-refractivity contribution in [3.8, 4) is 0 Å². The minimum Gasteiger partial charge on any atom is -0.147 e. The molecule has 3 heteroatoms. The number of rotatable bonds is 11. The van der Waals surface area contributed by atoms with Crippen LogP contribution in [-0.4, -0.2) is 19.5 Å². The summed E-state index contributed by atoms with van der Waals surface area (Å²) in [5.74, 6) is 0. The van der Waals surface area contributed by atoms with Crippen LogP contribution in [0.5, 0.6) is 0 Å². The summed E-state index contributed by atoms with van der Waals surface area (Å²) in [6.07, 6.45) is 16.1. The molecular formula is C14H33Cl2P. The molecular weight excluding hydrogens is 270 g/mol. The molecule has 0 aromatic rings. The Kier molecular flexibility index (Phi) is 26.3. The molecule has 0 atom stereocenters. The van der Waals surface area contributed by atoms with E-state index in [0.717, 1.165) is 0 Å². The highest BCUT2D eigenvalue weighted by atomic mass is 35.5. The van der Waals surface area contributed by atoms with E-state index in [1.54, 1.807) is 0 Å². The zero-order valence-electron chi connectivity index (χ0n) is 12.0. The highest BCUT2D eigenvalue weighted by molar-refractivity contribution is 7.55. The van der Waals surface area contributed by atoms with Crippen molar-refractivity contribution in [2.75, 3.05) is 19.5 Å². The zero-order chi connectivity index (χ0) is 11.4. The molecule has 0 unspecified atom stereocenters. The van der Waals surface area contributed by atoms with Crippen LogP contribution in [0.15, 0.2) is 0 Å². The van der Waals surface area contributed by atoms with E-state index in [1.807, 2.05) is 0 Å². The van der Waals surface area contributed by atoms with Gasteiger partial charge in [0.1, 0.15) is 0 Å². The summed E-state index contributed by atoms with van der Waals surface area (Å²) in [5, 5.41) is 0. The summed E-state index contributed by atoms with van der Waals surface area (Å²) in [6.45, 7) is 7.07. The van der Waals surface area contributed by atoms with Crippen LogP contribution in [0.1, 0.15) is 71.1 Å². The molecule has 0 aliphatic heterocycles. The Labute approximate surface area is 123 Å². The molecule has 0 amide bonds. The number of halogens is 2. The molecule has 0 rings (SSSR count). The summed E-state index contributed by atoms with van der Waals surface area (Å²) < 4.78 is 0. The normalized spacial score (nSPS) is 9.88. The second kappa shape index (κ2) is 19.4. The van der Waals surface area contributed by atoms with E-state index >= 15 is 0 Å². The minimum absolute atomic E-state index is 0. The first-order valence-corrected chi connectivity index (χ1v) is 9.34. The first-order valence-electron chi connectivity index (χ1n) is 6.92. The lowest BCUT2D eigenvalue weighted by Crippen LogP contribution is -1.84. The van der Waals surface area contributed by atoms with Crippen LogP contribution in [0.25, 0.3) is 0 Å². The van der Waals surface area contributed by atoms with Crippen molar-refractivity contribution in [1.82, 2.24) is 0 Å². The molecule has 0 N–H and O–H groups in total. The van der Waals surface area contributed by atoms with Crippen molar-refractivity contribution in [1.29, 1.82) is 0 Å². The van der Waals surface area contributed by atoms with Gasteiger partial charge in [-0.25, -0.2) is 0 Å². The fourth-order valence-corrected chi connectivity index (χ4v) is 2.77. The topological polar surface area (TPSA) is 0 Å². The Morgan fingerprint density at radius 1 is 0.588 bits per heavy atom. The Bertz CT molecular complexity index is 119. The summed E-state index contributed by atoms with van der Waals surface area (Å²) in [5.41, 5.74) is 0. The molecule has 0 saturated carbocycles. The monoisotopic (exact) mass is 302 g/mol. The van der Waals surface area contributed by atoms with Crippen LogP contribution in [0.4, 0.5) is 0 Å². The van der Waals surface area contributed by atoms with Gasteiger partial charge in [-0.3, -0.25) is 0 Å². The van der Waals surface area contributed by atoms with Gasteiger partial charge in [0.15, 0.2) is 0 Å². The van der Waals surface area contributed by atoms with Gasteiger partial charge in [-0.2, -0.15) is 0 Å². The molecule has 0 saturated heterocycles. The Hall–Kier alpha value is 1.01. The highest BCUT2D eigenvalue weighted by Gasteiger charge is 1.94. The van der Waals surface area contributed by atoms with Crippen LogP contribution in [0.3, 0.4) is 0 Å². The van der Waals surface area contributed by atoms with Gasteiger partial charge in [0.25, 0.3) is 0 Å². The van der Waals surface area contributed by atoms with Gasteiger partial charge in [-0.1, -0.05) is 64.7 Å². The summed E-state index contributed by atoms with van der Waals surface area (Å²) in [6, 6.07) is 0. The summed E-state index contributed by atoms with van der Waals surface area (Å²) in [7, 11) is 0.365. The van der Waals surface area contributed by atoms with E-state index in [2.05, 4.69) is 20.3 Å². The van der Waals surface area contributed by atoms with E-state index in [4.69, 9.17) is 0 Å². The molecule has 0 fully saturated rings. The van der Waals surface area contributed by atoms with Gasteiger partial charge in [0.05, 0.1) is 0 Å². The van der Waals surface area contributed by atoms with Gasteiger partial charge < -0.3 is 0 Å². The molecule has 0 nitrogen and oxygen atoms in total. The van der Waals surface area contributed by atoms with Gasteiger partial charge in [-0.05, 0) is 25.9 Å². The number of unbranched alkanes of at least 4 members (excludes halogenated alkanes) is 9. The lowest BCUT2D eigenvalue weighted by molar-refractivity contribution is 0.563. The second-order valence-corrected chi connectivity index (χ2v) is 7.59. The number of hydrogen-bond acceptors (Lipinski definition) is 0. The SMILES string of the molecule is CCCCCCCCCCCCP(C)C.Cl.Cl. The van der Waals surface area contributed by atoms with Crippen molar-refractivity contribution in [2.24, 2.45) is 0 Å². The largest absolute Gasteiger partial charge is 0.147 e. The smallest absolute Gasteiger partial charge is 0.0331 e. The van der Waals surface area contributed by atoms with Crippen molar-refractivity contribution in [3.63, 3.8) is 0 Å². The Balaban J connectivity index is -0.000000980. The van der Waals surface area contributed by atoms with Crippen molar-refractivity contribution >= 4 is 32.7 Å². The number of hydrogen-bond donors (Lipinski definition) is 0. The lowest BCUT2D eigenvalue weighted by Gasteiger charge is -2.04. The van der Waals surface area contributed by atoms with Crippen LogP contribution >= 0.6 is 32.7 Å². The highest BCUT2D eigenvalue weighted by Crippen LogP contribution is 2.26. The van der Waals surface area contributed by atoms with E-state index in [-0.39, 0.29) is 24.8 Å². The third-order valence-corrected chi connectivity index (χ3v) is 4.17. The zero-order valence-corrected chi connectivity index (χ0v) is 14.6. The summed E-state index contributed by atoms with van der Waals surface area (Å²) in [4.78, 5) is 0. The van der Waals surface area contributed by atoms with Crippen LogP contribution in [-0.2, 0) is 0 Å². The fourth-order valence-electron chi connectivity index (χ4n) is 1.92. The molecule has 0 radical (unpaired) electrons. The third kappa shape index (κ3) is 22.6. The average molecular weight is 303 g/mol. The van der Waals surface area contributed by atoms with Crippen LogP contribution in [0.2, 0.25) is 0 Å². The molecule has 0 aliphatic rings. The molecule has 0 aromatic carbocycles. The molecule has 0 bridgehead atoms. The second-order valence-electron chi connectivity index (χ2n) is 4.99. The fraction of sp³-hybridized carbons (Fsp3) is 1.00. The molecule has 0 spiro atoms. The predicted molar refractivity (Wildman–Crippen MR) is 90.0 cm³/mol. The standard InChI is InChI=1S/C14H31P.2ClH/c1-4-5-6-7-8-9-10-11-12-13-14-15(2)3;;/h4-14H2,1-3H3;2*1H. The summed E-state index contributed by atoms with van der Waals surface area (Å²) >= 11 is 0. The van der Waals surface area contributed by atoms with Gasteiger partial charge >= 0.3 is 0 Å². The van der Waals surface area contributed by atoms with Gasteiger partial charge in [0, 0.05) is 0 Å². The first-order chi connectivity index (χ1) is 7.27. The quantitative estimate of drug-likeness (QED) is 0.302. The van der Waals surface area contributed by atoms with E-state index in [1.165, 1.54) is 70.4 Å². The molecule has 0 aliphatic carbocycles. The third-order valence-electron chi connectivity index (χ3n) is 2.96. The maximum absolute atomic E-state index is 2.39. The van der Waals surface area contributed by atoms with E-state index in [9.17, 15) is 0 Å². The Morgan fingerprint density at radius 2 is 0.941 bits per heavy atom. The maximum Gasteiger partial charge on any atom is -0.0331 e. The van der Waals surface area contributed by atoms with Crippen LogP contribution < -0.4 is 0 Å². The van der Waals surface area contributed by atoms with Crippen molar-refractivity contribution in [3.05, 3.63) is 0 Å². The van der Waals surface area contributed by atoms with Crippen LogP contribution in [0, 0.1) is 0 Å².